The van der Waals surface area contributed by atoms with Gasteiger partial charge < -0.3 is 24.4 Å². The Balaban J connectivity index is 1.32. The van der Waals surface area contributed by atoms with Gasteiger partial charge in [-0.3, -0.25) is 9.59 Å². The molecule has 0 saturated carbocycles. The molecule has 2 heterocycles. The monoisotopic (exact) mass is 446 g/mol. The molecule has 0 aliphatic rings. The van der Waals surface area contributed by atoms with Crippen LogP contribution in [-0.4, -0.2) is 22.1 Å². The molecule has 2 N–H and O–H groups in total. The summed E-state index contributed by atoms with van der Waals surface area (Å²) in [6.45, 7) is 3.65. The molecule has 0 spiro atoms. The summed E-state index contributed by atoms with van der Waals surface area (Å²) in [5, 5.41) is 13.4. The molecule has 2 aromatic heterocycles. The molecule has 4 aromatic rings. The van der Waals surface area contributed by atoms with Crippen molar-refractivity contribution < 1.29 is 23.4 Å². The van der Waals surface area contributed by atoms with Crippen LogP contribution in [-0.2, 0) is 0 Å². The van der Waals surface area contributed by atoms with E-state index in [1.165, 1.54) is 12.5 Å². The molecular weight excluding hydrogens is 424 g/mol. The van der Waals surface area contributed by atoms with E-state index in [1.807, 2.05) is 13.8 Å². The third-order valence-electron chi connectivity index (χ3n) is 4.97. The molecule has 0 aliphatic carbocycles. The second-order valence-electron chi connectivity index (χ2n) is 7.39. The predicted octanol–water partition coefficient (Wildman–Crippen LogP) is 4.44. The quantitative estimate of drug-likeness (QED) is 0.411. The molecule has 4 rings (SSSR count). The normalized spacial score (nSPS) is 12.5. The maximum Gasteiger partial charge on any atom is 0.251 e. The molecule has 168 valence electrons. The number of nitrogens with zero attached hydrogens (tertiary/aromatic N) is 2. The lowest BCUT2D eigenvalue weighted by molar-refractivity contribution is 0.0930. The van der Waals surface area contributed by atoms with E-state index in [0.29, 0.717) is 34.0 Å². The molecule has 0 saturated heterocycles. The second kappa shape index (κ2) is 9.82. The fourth-order valence-electron chi connectivity index (χ4n) is 3.08. The lowest BCUT2D eigenvalue weighted by Gasteiger charge is -2.12. The van der Waals surface area contributed by atoms with Gasteiger partial charge in [0, 0.05) is 23.3 Å². The summed E-state index contributed by atoms with van der Waals surface area (Å²) in [5.41, 5.74) is 2.28. The fourth-order valence-corrected chi connectivity index (χ4v) is 3.08. The summed E-state index contributed by atoms with van der Waals surface area (Å²) < 4.78 is 15.4. The average molecular weight is 446 g/mol. The van der Waals surface area contributed by atoms with Crippen molar-refractivity contribution in [1.29, 1.82) is 0 Å². The molecule has 2 atom stereocenters. The van der Waals surface area contributed by atoms with Crippen molar-refractivity contribution in [1.82, 2.24) is 20.9 Å². The van der Waals surface area contributed by atoms with E-state index in [4.69, 9.17) is 13.8 Å². The number of carbonyl (C=O) groups is 2. The first-order valence-electron chi connectivity index (χ1n) is 10.3. The third kappa shape index (κ3) is 5.45. The zero-order chi connectivity index (χ0) is 23.2. The number of aromatic nitrogens is 2. The summed E-state index contributed by atoms with van der Waals surface area (Å²) in [6.07, 6.45) is 2.92. The van der Waals surface area contributed by atoms with Crippen molar-refractivity contribution >= 4 is 11.8 Å². The first-order chi connectivity index (χ1) is 16.0. The molecule has 0 bridgehead atoms. The summed E-state index contributed by atoms with van der Waals surface area (Å²) in [5.74, 6) is 0.667. The minimum atomic E-state index is -0.276. The molecule has 0 aliphatic heterocycles. The van der Waals surface area contributed by atoms with Crippen LogP contribution in [0.15, 0.2) is 82.2 Å². The molecule has 2 aromatic carbocycles. The van der Waals surface area contributed by atoms with Gasteiger partial charge in [-0.15, -0.1) is 0 Å². The molecule has 33 heavy (non-hydrogen) atoms. The number of benzene rings is 2. The first-order valence-corrected chi connectivity index (χ1v) is 10.3. The SMILES string of the molecule is CC(NC(=O)c1ccc(Oc2ccc(C(=O)NC(C)c3ccon3)cc2)cc1)c1ccon1. The van der Waals surface area contributed by atoms with Crippen molar-refractivity contribution in [3.05, 3.63) is 95.7 Å². The Morgan fingerprint density at radius 3 is 1.42 bits per heavy atom. The smallest absolute Gasteiger partial charge is 0.251 e. The van der Waals surface area contributed by atoms with Crippen molar-refractivity contribution in [3.63, 3.8) is 0 Å². The van der Waals surface area contributed by atoms with E-state index in [9.17, 15) is 9.59 Å². The minimum Gasteiger partial charge on any atom is -0.457 e. The number of nitrogens with one attached hydrogen (secondary N) is 2. The van der Waals surface area contributed by atoms with Crippen LogP contribution in [0.1, 0.15) is 58.0 Å². The standard InChI is InChI=1S/C24H22N4O5/c1-15(21-11-13-31-27-21)25-23(29)17-3-7-19(8-4-17)33-20-9-5-18(6-10-20)24(30)26-16(2)22-12-14-32-28-22/h3-16H,1-2H3,(H,25,29)(H,26,30). The molecule has 0 fully saturated rings. The molecule has 0 radical (unpaired) electrons. The number of rotatable bonds is 8. The van der Waals surface area contributed by atoms with Gasteiger partial charge in [0.2, 0.25) is 0 Å². The van der Waals surface area contributed by atoms with Crippen LogP contribution in [0.25, 0.3) is 0 Å². The number of carbonyl (C=O) groups excluding carboxylic acids is 2. The van der Waals surface area contributed by atoms with Gasteiger partial charge in [-0.25, -0.2) is 0 Å². The third-order valence-corrected chi connectivity index (χ3v) is 4.97. The maximum atomic E-state index is 12.4. The Kier molecular flexibility index (Phi) is 6.49. The molecule has 2 amide bonds. The van der Waals surface area contributed by atoms with E-state index in [-0.39, 0.29) is 23.9 Å². The predicted molar refractivity (Wildman–Crippen MR) is 118 cm³/mol. The Bertz CT molecular complexity index is 1090. The molecule has 9 heteroatoms. The van der Waals surface area contributed by atoms with Crippen LogP contribution in [0.4, 0.5) is 0 Å². The first kappa shape index (κ1) is 21.8. The Morgan fingerprint density at radius 2 is 1.09 bits per heavy atom. The summed E-state index contributed by atoms with van der Waals surface area (Å²) in [7, 11) is 0. The highest BCUT2D eigenvalue weighted by molar-refractivity contribution is 5.95. The molecular formula is C24H22N4O5. The zero-order valence-corrected chi connectivity index (χ0v) is 18.0. The summed E-state index contributed by atoms with van der Waals surface area (Å²) in [4.78, 5) is 24.8. The van der Waals surface area contributed by atoms with Crippen molar-refractivity contribution in [3.8, 4) is 11.5 Å². The van der Waals surface area contributed by atoms with Crippen LogP contribution in [0, 0.1) is 0 Å². The van der Waals surface area contributed by atoms with Gasteiger partial charge in [-0.2, -0.15) is 0 Å². The largest absolute Gasteiger partial charge is 0.457 e. The van der Waals surface area contributed by atoms with Crippen LogP contribution in [0.5, 0.6) is 11.5 Å². The van der Waals surface area contributed by atoms with Gasteiger partial charge in [0.05, 0.1) is 12.1 Å². The van der Waals surface area contributed by atoms with E-state index < -0.39 is 0 Å². The minimum absolute atomic E-state index is 0.229. The molecule has 9 nitrogen and oxygen atoms in total. The van der Waals surface area contributed by atoms with Gasteiger partial charge >= 0.3 is 0 Å². The average Bonchev–Trinajstić information content (AvgIpc) is 3.54. The Hall–Kier alpha value is -4.40. The molecule has 2 unspecified atom stereocenters. The van der Waals surface area contributed by atoms with Gasteiger partial charge in [0.15, 0.2) is 0 Å². The van der Waals surface area contributed by atoms with Gasteiger partial charge in [-0.05, 0) is 62.4 Å². The summed E-state index contributed by atoms with van der Waals surface area (Å²) in [6, 6.07) is 16.4. The van der Waals surface area contributed by atoms with Crippen LogP contribution in [0.3, 0.4) is 0 Å². The highest BCUT2D eigenvalue weighted by Crippen LogP contribution is 2.23. The fraction of sp³-hybridized carbons (Fsp3) is 0.167. The maximum absolute atomic E-state index is 12.4. The highest BCUT2D eigenvalue weighted by atomic mass is 16.5. The number of amides is 2. The lowest BCUT2D eigenvalue weighted by Crippen LogP contribution is -2.26. The van der Waals surface area contributed by atoms with E-state index in [1.54, 1.807) is 60.7 Å². The van der Waals surface area contributed by atoms with Crippen LogP contribution in [0.2, 0.25) is 0 Å². The van der Waals surface area contributed by atoms with Crippen molar-refractivity contribution in [2.75, 3.05) is 0 Å². The Morgan fingerprint density at radius 1 is 0.697 bits per heavy atom. The number of hydrogen-bond acceptors (Lipinski definition) is 7. The second-order valence-corrected chi connectivity index (χ2v) is 7.39. The van der Waals surface area contributed by atoms with Gasteiger partial charge in [0.1, 0.15) is 35.4 Å². The van der Waals surface area contributed by atoms with Crippen molar-refractivity contribution in [2.45, 2.75) is 25.9 Å². The van der Waals surface area contributed by atoms with E-state index >= 15 is 0 Å². The number of ether oxygens (including phenoxy) is 1. The number of hydrogen-bond donors (Lipinski definition) is 2. The Labute approximate surface area is 189 Å². The van der Waals surface area contributed by atoms with E-state index in [0.717, 1.165) is 0 Å². The van der Waals surface area contributed by atoms with Crippen molar-refractivity contribution in [2.24, 2.45) is 0 Å². The highest BCUT2D eigenvalue weighted by Gasteiger charge is 2.15. The van der Waals surface area contributed by atoms with E-state index in [2.05, 4.69) is 20.9 Å². The van der Waals surface area contributed by atoms with Gasteiger partial charge in [-0.1, -0.05) is 10.3 Å². The topological polar surface area (TPSA) is 119 Å². The summed E-state index contributed by atoms with van der Waals surface area (Å²) >= 11 is 0. The van der Waals surface area contributed by atoms with Crippen LogP contribution < -0.4 is 15.4 Å². The van der Waals surface area contributed by atoms with Gasteiger partial charge in [0.25, 0.3) is 11.8 Å². The zero-order valence-electron chi connectivity index (χ0n) is 18.0. The van der Waals surface area contributed by atoms with Crippen LogP contribution >= 0.6 is 0 Å². The lowest BCUT2D eigenvalue weighted by atomic mass is 10.1.